The molecule has 3 fully saturated rings. The van der Waals surface area contributed by atoms with E-state index in [0.29, 0.717) is 24.7 Å². The number of carboxylic acid groups (broad SMARTS) is 1. The summed E-state index contributed by atoms with van der Waals surface area (Å²) in [6.45, 7) is 0. The van der Waals surface area contributed by atoms with E-state index >= 15 is 0 Å². The molecule has 3 rings (SSSR count). The van der Waals surface area contributed by atoms with E-state index in [4.69, 9.17) is 0 Å². The Labute approximate surface area is 113 Å². The van der Waals surface area contributed by atoms with E-state index in [9.17, 15) is 18.3 Å². The number of hydrogen-bond acceptors (Lipinski definition) is 4. The third-order valence-electron chi connectivity index (χ3n) is 5.18. The molecule has 4 unspecified atom stereocenters. The zero-order valence-corrected chi connectivity index (χ0v) is 11.7. The fourth-order valence-electron chi connectivity index (χ4n) is 4.22. The lowest BCUT2D eigenvalue weighted by Gasteiger charge is -2.34. The Hall–Kier alpha value is -0.620. The number of sulfone groups is 1. The molecular formula is C13H21NO4S. The second-order valence-electron chi connectivity index (χ2n) is 6.32. The summed E-state index contributed by atoms with van der Waals surface area (Å²) < 4.78 is 22.8. The van der Waals surface area contributed by atoms with Crippen LogP contribution in [0.2, 0.25) is 0 Å². The molecule has 0 amide bonds. The van der Waals surface area contributed by atoms with Gasteiger partial charge in [0.2, 0.25) is 0 Å². The molecule has 0 spiro atoms. The molecule has 1 heterocycles. The van der Waals surface area contributed by atoms with Gasteiger partial charge in [-0.3, -0.25) is 4.79 Å². The van der Waals surface area contributed by atoms with Crippen LogP contribution in [0, 0.1) is 17.8 Å². The fourth-order valence-corrected chi connectivity index (χ4v) is 5.71. The molecule has 6 heteroatoms. The Balaban J connectivity index is 1.65. The summed E-state index contributed by atoms with van der Waals surface area (Å²) in [5.74, 6) is 0.328. The van der Waals surface area contributed by atoms with Crippen LogP contribution in [0.15, 0.2) is 0 Å². The van der Waals surface area contributed by atoms with Crippen molar-refractivity contribution in [3.05, 3.63) is 0 Å². The van der Waals surface area contributed by atoms with Crippen molar-refractivity contribution in [2.75, 3.05) is 11.5 Å². The molecule has 0 aromatic heterocycles. The summed E-state index contributed by atoms with van der Waals surface area (Å²) in [5, 5.41) is 12.9. The maximum atomic E-state index is 11.4. The van der Waals surface area contributed by atoms with Gasteiger partial charge in [-0.05, 0) is 43.9 Å². The van der Waals surface area contributed by atoms with E-state index in [1.54, 1.807) is 0 Å². The summed E-state index contributed by atoms with van der Waals surface area (Å²) in [6.07, 6.45) is 4.45. The van der Waals surface area contributed by atoms with Gasteiger partial charge in [-0.25, -0.2) is 8.42 Å². The lowest BCUT2D eigenvalue weighted by Crippen LogP contribution is -2.50. The molecule has 2 bridgehead atoms. The molecule has 2 saturated carbocycles. The number of hydrogen-bond donors (Lipinski definition) is 2. The molecule has 0 aromatic carbocycles. The zero-order valence-electron chi connectivity index (χ0n) is 10.9. The maximum Gasteiger partial charge on any atom is 0.308 e. The first kappa shape index (κ1) is 13.4. The van der Waals surface area contributed by atoms with Gasteiger partial charge in [0.1, 0.15) is 9.84 Å². The fraction of sp³-hybridized carbons (Fsp3) is 0.923. The van der Waals surface area contributed by atoms with E-state index in [0.717, 1.165) is 19.3 Å². The summed E-state index contributed by atoms with van der Waals surface area (Å²) in [6, 6.07) is 0.233. The topological polar surface area (TPSA) is 83.5 Å². The van der Waals surface area contributed by atoms with E-state index in [2.05, 4.69) is 5.32 Å². The Morgan fingerprint density at radius 1 is 1.05 bits per heavy atom. The third-order valence-corrected chi connectivity index (χ3v) is 6.90. The minimum atomic E-state index is -2.85. The molecule has 2 aliphatic carbocycles. The first-order valence-electron chi connectivity index (χ1n) is 7.15. The predicted molar refractivity (Wildman–Crippen MR) is 70.6 cm³/mol. The summed E-state index contributed by atoms with van der Waals surface area (Å²) in [4.78, 5) is 11.4. The second kappa shape index (κ2) is 4.74. The van der Waals surface area contributed by atoms with Gasteiger partial charge in [-0.2, -0.15) is 0 Å². The van der Waals surface area contributed by atoms with Crippen LogP contribution in [0.1, 0.15) is 32.1 Å². The standard InChI is InChI=1S/C13H21NO4S/c15-13(16)11-8-1-2-9(7-8)12(11)14-10-3-5-19(17,18)6-4-10/h8-12,14H,1-7H2,(H,15,16). The molecule has 2 N–H and O–H groups in total. The van der Waals surface area contributed by atoms with Gasteiger partial charge in [0, 0.05) is 12.1 Å². The highest BCUT2D eigenvalue weighted by atomic mass is 32.2. The molecule has 1 saturated heterocycles. The van der Waals surface area contributed by atoms with Crippen molar-refractivity contribution in [3.8, 4) is 0 Å². The highest BCUT2D eigenvalue weighted by molar-refractivity contribution is 7.91. The van der Waals surface area contributed by atoms with Crippen molar-refractivity contribution >= 4 is 15.8 Å². The van der Waals surface area contributed by atoms with Crippen molar-refractivity contribution in [1.82, 2.24) is 5.32 Å². The van der Waals surface area contributed by atoms with Crippen LogP contribution in [0.3, 0.4) is 0 Å². The number of carbonyl (C=O) groups is 1. The van der Waals surface area contributed by atoms with E-state index in [-0.39, 0.29) is 29.5 Å². The van der Waals surface area contributed by atoms with Gasteiger partial charge in [0.25, 0.3) is 0 Å². The van der Waals surface area contributed by atoms with E-state index < -0.39 is 15.8 Å². The molecule has 19 heavy (non-hydrogen) atoms. The lowest BCUT2D eigenvalue weighted by molar-refractivity contribution is -0.144. The predicted octanol–water partition coefficient (Wildman–Crippen LogP) is 0.653. The SMILES string of the molecule is O=C(O)C1C2CCC(C2)C1NC1CCS(=O)(=O)CC1. The molecule has 0 aromatic rings. The molecule has 108 valence electrons. The number of fused-ring (bicyclic) bond motifs is 2. The van der Waals surface area contributed by atoms with E-state index in [1.165, 1.54) is 0 Å². The number of carboxylic acids is 1. The second-order valence-corrected chi connectivity index (χ2v) is 8.62. The highest BCUT2D eigenvalue weighted by Gasteiger charge is 2.51. The van der Waals surface area contributed by atoms with Crippen molar-refractivity contribution in [1.29, 1.82) is 0 Å². The first-order chi connectivity index (χ1) is 8.96. The van der Waals surface area contributed by atoms with Crippen molar-refractivity contribution in [2.24, 2.45) is 17.8 Å². The number of rotatable bonds is 3. The average molecular weight is 287 g/mol. The molecule has 0 radical (unpaired) electrons. The van der Waals surface area contributed by atoms with Crippen molar-refractivity contribution in [2.45, 2.75) is 44.2 Å². The Kier molecular flexibility index (Phi) is 3.33. The molecular weight excluding hydrogens is 266 g/mol. The van der Waals surface area contributed by atoms with Gasteiger partial charge in [-0.1, -0.05) is 0 Å². The largest absolute Gasteiger partial charge is 0.481 e. The zero-order chi connectivity index (χ0) is 13.6. The lowest BCUT2D eigenvalue weighted by atomic mass is 9.84. The summed E-state index contributed by atoms with van der Waals surface area (Å²) in [7, 11) is -2.85. The van der Waals surface area contributed by atoms with Crippen LogP contribution in [0.4, 0.5) is 0 Å². The number of aliphatic carboxylic acids is 1. The Bertz CT molecular complexity index is 461. The van der Waals surface area contributed by atoms with Crippen LogP contribution in [0.5, 0.6) is 0 Å². The smallest absolute Gasteiger partial charge is 0.308 e. The van der Waals surface area contributed by atoms with Crippen LogP contribution in [-0.2, 0) is 14.6 Å². The molecule has 4 atom stereocenters. The first-order valence-corrected chi connectivity index (χ1v) is 8.98. The minimum Gasteiger partial charge on any atom is -0.481 e. The average Bonchev–Trinajstić information content (AvgIpc) is 2.92. The maximum absolute atomic E-state index is 11.4. The van der Waals surface area contributed by atoms with Gasteiger partial charge < -0.3 is 10.4 Å². The third kappa shape index (κ3) is 2.52. The Morgan fingerprint density at radius 2 is 1.68 bits per heavy atom. The van der Waals surface area contributed by atoms with Gasteiger partial charge >= 0.3 is 5.97 Å². The monoisotopic (exact) mass is 287 g/mol. The van der Waals surface area contributed by atoms with Crippen molar-refractivity contribution < 1.29 is 18.3 Å². The normalized spacial score (nSPS) is 41.5. The van der Waals surface area contributed by atoms with Gasteiger partial charge in [0.15, 0.2) is 0 Å². The molecule has 1 aliphatic heterocycles. The summed E-state index contributed by atoms with van der Waals surface area (Å²) in [5.41, 5.74) is 0. The van der Waals surface area contributed by atoms with Crippen LogP contribution < -0.4 is 5.32 Å². The van der Waals surface area contributed by atoms with Crippen LogP contribution in [-0.4, -0.2) is 43.1 Å². The van der Waals surface area contributed by atoms with Gasteiger partial charge in [0.05, 0.1) is 17.4 Å². The number of nitrogens with one attached hydrogen (secondary N) is 1. The minimum absolute atomic E-state index is 0.0575. The summed E-state index contributed by atoms with van der Waals surface area (Å²) >= 11 is 0. The molecule has 5 nitrogen and oxygen atoms in total. The van der Waals surface area contributed by atoms with Crippen LogP contribution in [0.25, 0.3) is 0 Å². The highest BCUT2D eigenvalue weighted by Crippen LogP contribution is 2.48. The van der Waals surface area contributed by atoms with E-state index in [1.807, 2.05) is 0 Å². The van der Waals surface area contributed by atoms with Crippen molar-refractivity contribution in [3.63, 3.8) is 0 Å². The van der Waals surface area contributed by atoms with Gasteiger partial charge in [-0.15, -0.1) is 0 Å². The quantitative estimate of drug-likeness (QED) is 0.796. The van der Waals surface area contributed by atoms with Crippen LogP contribution >= 0.6 is 0 Å². The Morgan fingerprint density at radius 3 is 2.32 bits per heavy atom. The molecule has 3 aliphatic rings.